The summed E-state index contributed by atoms with van der Waals surface area (Å²) < 4.78 is 29.7. The van der Waals surface area contributed by atoms with Crippen molar-refractivity contribution in [3.8, 4) is 0 Å². The van der Waals surface area contributed by atoms with Gasteiger partial charge in [0.25, 0.3) is 0 Å². The van der Waals surface area contributed by atoms with Gasteiger partial charge in [0.1, 0.15) is 0 Å². The van der Waals surface area contributed by atoms with Gasteiger partial charge in [0, 0.05) is 5.75 Å². The second kappa shape index (κ2) is 13.2. The molecule has 0 bridgehead atoms. The number of hydrogen-bond donors (Lipinski definition) is 1. The van der Waals surface area contributed by atoms with Gasteiger partial charge in [0.15, 0.2) is 0 Å². The average Bonchev–Trinajstić information content (AvgIpc) is 1.83. The smallest absolute Gasteiger partial charge is 0.859 e. The van der Waals surface area contributed by atoms with Crippen molar-refractivity contribution in [2.45, 2.75) is 13.8 Å². The summed E-state index contributed by atoms with van der Waals surface area (Å²) in [7, 11) is -3.97. The Labute approximate surface area is 135 Å². The van der Waals surface area contributed by atoms with Crippen LogP contribution in [0.5, 0.6) is 0 Å². The van der Waals surface area contributed by atoms with E-state index in [1.165, 1.54) is 0 Å². The van der Waals surface area contributed by atoms with Crippen LogP contribution in [-0.2, 0) is 10.1 Å². The molecule has 0 spiro atoms. The quantitative estimate of drug-likeness (QED) is 0.234. The number of nitrogens with one attached hydrogen (secondary N) is 1. The predicted molar refractivity (Wildman–Crippen MR) is 47.3 cm³/mol. The molecule has 0 saturated heterocycles. The van der Waals surface area contributed by atoms with Crippen molar-refractivity contribution < 1.29 is 77.2 Å². The van der Waals surface area contributed by atoms with Gasteiger partial charge in [-0.3, -0.25) is 0 Å². The van der Waals surface area contributed by atoms with E-state index < -0.39 is 16.0 Å². The van der Waals surface area contributed by atoms with Crippen LogP contribution in [0.1, 0.15) is 13.8 Å². The third kappa shape index (κ3) is 39.5. The van der Waals surface area contributed by atoms with Crippen molar-refractivity contribution in [1.82, 2.24) is 0 Å². The first-order chi connectivity index (χ1) is 5.69. The molecule has 8 heteroatoms. The summed E-state index contributed by atoms with van der Waals surface area (Å²) >= 11 is 0. The van der Waals surface area contributed by atoms with Gasteiger partial charge in [0.2, 0.25) is 0 Å². The van der Waals surface area contributed by atoms with Crippen molar-refractivity contribution in [2.24, 2.45) is 5.92 Å². The van der Waals surface area contributed by atoms with Crippen molar-refractivity contribution in [2.75, 3.05) is 5.75 Å². The monoisotopic (exact) mass is 253 g/mol. The van der Waals surface area contributed by atoms with Crippen molar-refractivity contribution >= 4 is 16.0 Å². The zero-order valence-corrected chi connectivity index (χ0v) is 14.4. The van der Waals surface area contributed by atoms with Crippen LogP contribution in [0.15, 0.2) is 12.7 Å². The summed E-state index contributed by atoms with van der Waals surface area (Å²) in [5, 5.41) is 15.4. The standard InChI is InChI=1S/C4H10O3S.C3H5NO.2Na/c1-4(2)3-8(5,6)7;1-2-3(4)5;;/h4H,3H2,1-2H3,(H,5,6,7);2H,1H2,(H2,4,5);;/q;;2*+1/p-2. The fourth-order valence-electron chi connectivity index (χ4n) is 0.408. The molecule has 0 rings (SSSR count). The van der Waals surface area contributed by atoms with E-state index in [2.05, 4.69) is 6.58 Å². The fourth-order valence-corrected chi connectivity index (χ4v) is 1.22. The molecule has 15 heavy (non-hydrogen) atoms. The van der Waals surface area contributed by atoms with Gasteiger partial charge in [-0.25, -0.2) is 8.42 Å². The van der Waals surface area contributed by atoms with Crippen LogP contribution < -0.4 is 64.2 Å². The van der Waals surface area contributed by atoms with Gasteiger partial charge in [-0.1, -0.05) is 26.5 Å². The Kier molecular flexibility index (Phi) is 22.1. The number of hydrogen-bond acceptors (Lipinski definition) is 5. The maximum atomic E-state index is 9.89. The largest absolute Gasteiger partial charge is 1.00 e. The van der Waals surface area contributed by atoms with Crippen LogP contribution in [0.2, 0.25) is 0 Å². The van der Waals surface area contributed by atoms with Crippen LogP contribution >= 0.6 is 0 Å². The van der Waals surface area contributed by atoms with Gasteiger partial charge in [-0.15, -0.1) is 0 Å². The van der Waals surface area contributed by atoms with Crippen LogP contribution in [0, 0.1) is 11.3 Å². The Morgan fingerprint density at radius 3 is 1.73 bits per heavy atom. The molecule has 0 radical (unpaired) electrons. The zero-order chi connectivity index (χ0) is 11.1. The third-order valence-corrected chi connectivity index (χ3v) is 1.80. The van der Waals surface area contributed by atoms with E-state index in [1.807, 2.05) is 0 Å². The summed E-state index contributed by atoms with van der Waals surface area (Å²) in [6.45, 7) is 6.40. The molecule has 0 heterocycles. The summed E-state index contributed by atoms with van der Waals surface area (Å²) in [6, 6.07) is 0. The molecule has 0 amide bonds. The van der Waals surface area contributed by atoms with E-state index in [9.17, 15) is 18.1 Å². The van der Waals surface area contributed by atoms with Gasteiger partial charge >= 0.3 is 59.1 Å². The molecule has 0 fully saturated rings. The zero-order valence-electron chi connectivity index (χ0n) is 9.61. The van der Waals surface area contributed by atoms with Gasteiger partial charge in [-0.05, 0) is 11.8 Å². The van der Waals surface area contributed by atoms with Gasteiger partial charge in [0.05, 0.1) is 10.1 Å². The van der Waals surface area contributed by atoms with Gasteiger partial charge < -0.3 is 15.1 Å². The first kappa shape index (κ1) is 25.1. The van der Waals surface area contributed by atoms with Gasteiger partial charge in [-0.2, -0.15) is 0 Å². The molecule has 0 aromatic heterocycles. The molecule has 0 aliphatic heterocycles. The van der Waals surface area contributed by atoms with Crippen LogP contribution in [-0.4, -0.2) is 24.6 Å². The normalized spacial score (nSPS) is 8.80. The second-order valence-corrected chi connectivity index (χ2v) is 4.14. The van der Waals surface area contributed by atoms with E-state index >= 15 is 0 Å². The first-order valence-electron chi connectivity index (χ1n) is 3.50. The van der Waals surface area contributed by atoms with Crippen LogP contribution in [0.4, 0.5) is 0 Å². The van der Waals surface area contributed by atoms with Crippen molar-refractivity contribution in [3.63, 3.8) is 0 Å². The van der Waals surface area contributed by atoms with Crippen LogP contribution in [0.25, 0.3) is 0 Å². The van der Waals surface area contributed by atoms with E-state index in [1.54, 1.807) is 13.8 Å². The average molecular weight is 253 g/mol. The number of rotatable bonds is 3. The molecule has 0 aliphatic carbocycles. The SMILES string of the molecule is C=CC(=N)[O-].CC(C)CS(=O)(=O)[O-].[Na+].[Na+]. The Balaban J connectivity index is -0.0000000770. The molecular formula is C7H13NNa2O4S. The second-order valence-electron chi connectivity index (χ2n) is 2.69. The topological polar surface area (TPSA) is 104 Å². The maximum Gasteiger partial charge on any atom is 1.00 e. The molecule has 1 N–H and O–H groups in total. The summed E-state index contributed by atoms with van der Waals surface area (Å²) in [5.41, 5.74) is 0. The molecule has 0 atom stereocenters. The van der Waals surface area contributed by atoms with E-state index in [-0.39, 0.29) is 70.8 Å². The molecule has 0 aliphatic rings. The van der Waals surface area contributed by atoms with E-state index in [0.717, 1.165) is 6.08 Å². The summed E-state index contributed by atoms with van der Waals surface area (Å²) in [4.78, 5) is 0. The Morgan fingerprint density at radius 2 is 1.73 bits per heavy atom. The molecule has 78 valence electrons. The Hall–Kier alpha value is 1.12. The molecule has 0 saturated carbocycles. The predicted octanol–water partition coefficient (Wildman–Crippen LogP) is -6.29. The van der Waals surface area contributed by atoms with E-state index in [4.69, 9.17) is 5.41 Å². The Bertz CT molecular complexity index is 264. The minimum absolute atomic E-state index is 0. The minimum atomic E-state index is -3.97. The van der Waals surface area contributed by atoms with Crippen LogP contribution in [0.3, 0.4) is 0 Å². The molecule has 0 aromatic carbocycles. The fraction of sp³-hybridized carbons (Fsp3) is 0.571. The van der Waals surface area contributed by atoms with E-state index in [0.29, 0.717) is 0 Å². The molecule has 0 aromatic rings. The molecule has 0 unspecified atom stereocenters. The Morgan fingerprint density at radius 1 is 1.47 bits per heavy atom. The minimum Gasteiger partial charge on any atom is -0.859 e. The molecular weight excluding hydrogens is 240 g/mol. The van der Waals surface area contributed by atoms with Crippen molar-refractivity contribution in [3.05, 3.63) is 12.7 Å². The maximum absolute atomic E-state index is 9.89. The van der Waals surface area contributed by atoms with Crippen molar-refractivity contribution in [1.29, 1.82) is 5.41 Å². The summed E-state index contributed by atoms with van der Waals surface area (Å²) in [6.07, 6.45) is 0.944. The third-order valence-electron chi connectivity index (χ3n) is 0.723. The first-order valence-corrected chi connectivity index (χ1v) is 5.08. The summed E-state index contributed by atoms with van der Waals surface area (Å²) in [5.74, 6) is -1.05. The molecule has 5 nitrogen and oxygen atoms in total.